The Morgan fingerprint density at radius 3 is 2.72 bits per heavy atom. The second kappa shape index (κ2) is 8.38. The summed E-state index contributed by atoms with van der Waals surface area (Å²) < 4.78 is 15.5. The van der Waals surface area contributed by atoms with Gasteiger partial charge in [-0.25, -0.2) is 14.1 Å². The summed E-state index contributed by atoms with van der Waals surface area (Å²) in [5.41, 5.74) is 1.68. The molecule has 3 heterocycles. The highest BCUT2D eigenvalue weighted by atomic mass is 19.1. The maximum absolute atomic E-state index is 13.9. The number of pyridine rings is 1. The van der Waals surface area contributed by atoms with E-state index in [1.807, 2.05) is 0 Å². The number of benzene rings is 1. The number of carbonyl (C=O) groups is 1. The number of rotatable bonds is 5. The Hall–Kier alpha value is -3.29. The molecule has 0 bridgehead atoms. The quantitative estimate of drug-likeness (QED) is 0.718. The van der Waals surface area contributed by atoms with Gasteiger partial charge in [0.15, 0.2) is 5.82 Å². The summed E-state index contributed by atoms with van der Waals surface area (Å²) in [6, 6.07) is 10.1. The number of nitrogens with one attached hydrogen (secondary N) is 1. The number of anilines is 2. The molecule has 0 saturated carbocycles. The molecule has 0 atom stereocenters. The maximum atomic E-state index is 13.9. The molecule has 7 nitrogen and oxygen atoms in total. The van der Waals surface area contributed by atoms with E-state index in [9.17, 15) is 9.18 Å². The van der Waals surface area contributed by atoms with E-state index in [0.29, 0.717) is 28.5 Å². The zero-order chi connectivity index (χ0) is 20.2. The van der Waals surface area contributed by atoms with E-state index >= 15 is 0 Å². The Morgan fingerprint density at radius 1 is 1.14 bits per heavy atom. The maximum Gasteiger partial charge on any atom is 0.260 e. The van der Waals surface area contributed by atoms with E-state index in [1.54, 1.807) is 48.1 Å². The smallest absolute Gasteiger partial charge is 0.260 e. The molecule has 3 aromatic rings. The first-order chi connectivity index (χ1) is 14.1. The third-order valence-corrected chi connectivity index (χ3v) is 5.18. The Labute approximate surface area is 168 Å². The van der Waals surface area contributed by atoms with Crippen LogP contribution in [0, 0.1) is 12.7 Å². The van der Waals surface area contributed by atoms with Crippen LogP contribution >= 0.6 is 0 Å². The molecule has 0 spiro atoms. The van der Waals surface area contributed by atoms with E-state index in [4.69, 9.17) is 0 Å². The Bertz CT molecular complexity index is 1010. The van der Waals surface area contributed by atoms with Crippen LogP contribution in [0.15, 0.2) is 42.6 Å². The Balaban J connectivity index is 1.53. The molecular weight excluding hydrogens is 371 g/mol. The van der Waals surface area contributed by atoms with Gasteiger partial charge in [0, 0.05) is 24.8 Å². The Kier molecular flexibility index (Phi) is 5.50. The number of piperidine rings is 1. The molecule has 29 heavy (non-hydrogen) atoms. The standard InChI is InChI=1S/C21H23FN6O/c1-15-19(25-26-28(15)14-16-8-3-4-10-18(16)22)24-21(29)17-9-7-11-23-20(17)27-12-5-2-6-13-27/h3-4,7-11H,2,5-6,12-14H2,1H3,(H,24,29). The minimum absolute atomic E-state index is 0.243. The van der Waals surface area contributed by atoms with Crippen molar-refractivity contribution in [3.05, 3.63) is 65.2 Å². The number of hydrogen-bond donors (Lipinski definition) is 1. The molecular formula is C21H23FN6O. The van der Waals surface area contributed by atoms with Crippen LogP contribution in [0.3, 0.4) is 0 Å². The second-order valence-corrected chi connectivity index (χ2v) is 7.15. The van der Waals surface area contributed by atoms with Crippen LogP contribution in [0.4, 0.5) is 16.0 Å². The highest BCUT2D eigenvalue weighted by molar-refractivity contribution is 6.07. The van der Waals surface area contributed by atoms with Crippen molar-refractivity contribution >= 4 is 17.5 Å². The van der Waals surface area contributed by atoms with Gasteiger partial charge in [0.05, 0.1) is 17.8 Å². The molecule has 0 unspecified atom stereocenters. The van der Waals surface area contributed by atoms with Crippen molar-refractivity contribution in [3.63, 3.8) is 0 Å². The number of aromatic nitrogens is 4. The van der Waals surface area contributed by atoms with Crippen molar-refractivity contribution in [2.45, 2.75) is 32.7 Å². The van der Waals surface area contributed by atoms with Gasteiger partial charge >= 0.3 is 0 Å². The van der Waals surface area contributed by atoms with Crippen LogP contribution in [-0.4, -0.2) is 39.0 Å². The van der Waals surface area contributed by atoms with Gasteiger partial charge in [-0.3, -0.25) is 4.79 Å². The van der Waals surface area contributed by atoms with Crippen LogP contribution in [0.5, 0.6) is 0 Å². The Morgan fingerprint density at radius 2 is 1.93 bits per heavy atom. The number of hydrogen-bond acceptors (Lipinski definition) is 5. The van der Waals surface area contributed by atoms with Gasteiger partial charge in [0.25, 0.3) is 5.91 Å². The van der Waals surface area contributed by atoms with Crippen LogP contribution < -0.4 is 10.2 Å². The van der Waals surface area contributed by atoms with E-state index in [-0.39, 0.29) is 18.3 Å². The summed E-state index contributed by atoms with van der Waals surface area (Å²) in [7, 11) is 0. The summed E-state index contributed by atoms with van der Waals surface area (Å²) >= 11 is 0. The monoisotopic (exact) mass is 394 g/mol. The largest absolute Gasteiger partial charge is 0.356 e. The van der Waals surface area contributed by atoms with E-state index in [0.717, 1.165) is 25.9 Å². The number of amides is 1. The lowest BCUT2D eigenvalue weighted by Gasteiger charge is -2.29. The van der Waals surface area contributed by atoms with Gasteiger partial charge in [-0.1, -0.05) is 23.4 Å². The van der Waals surface area contributed by atoms with Gasteiger partial charge in [0.2, 0.25) is 0 Å². The SMILES string of the molecule is Cc1c(NC(=O)c2cccnc2N2CCCCC2)nnn1Cc1ccccc1F. The molecule has 8 heteroatoms. The van der Waals surface area contributed by atoms with Crippen LogP contribution in [-0.2, 0) is 6.54 Å². The first-order valence-corrected chi connectivity index (χ1v) is 9.78. The average Bonchev–Trinajstić information content (AvgIpc) is 3.09. The lowest BCUT2D eigenvalue weighted by Crippen LogP contribution is -2.32. The molecule has 0 radical (unpaired) electrons. The van der Waals surface area contributed by atoms with Gasteiger partial charge < -0.3 is 10.2 Å². The molecule has 1 fully saturated rings. The molecule has 0 aliphatic carbocycles. The van der Waals surface area contributed by atoms with Crippen LogP contribution in [0.25, 0.3) is 0 Å². The third kappa shape index (κ3) is 4.11. The zero-order valence-corrected chi connectivity index (χ0v) is 16.3. The minimum Gasteiger partial charge on any atom is -0.356 e. The molecule has 150 valence electrons. The fraction of sp³-hybridized carbons (Fsp3) is 0.333. The van der Waals surface area contributed by atoms with Gasteiger partial charge in [0.1, 0.15) is 11.6 Å². The lowest BCUT2D eigenvalue weighted by atomic mass is 10.1. The summed E-state index contributed by atoms with van der Waals surface area (Å²) in [5, 5.41) is 11.0. The molecule has 2 aromatic heterocycles. The number of halogens is 1. The van der Waals surface area contributed by atoms with Gasteiger partial charge in [-0.05, 0) is 44.4 Å². The first-order valence-electron chi connectivity index (χ1n) is 9.78. The minimum atomic E-state index is -0.297. The van der Waals surface area contributed by atoms with Crippen molar-refractivity contribution in [2.75, 3.05) is 23.3 Å². The van der Waals surface area contributed by atoms with Gasteiger partial charge in [-0.2, -0.15) is 0 Å². The molecule has 1 aliphatic heterocycles. The third-order valence-electron chi connectivity index (χ3n) is 5.18. The number of carbonyl (C=O) groups excluding carboxylic acids is 1. The van der Waals surface area contributed by atoms with E-state index < -0.39 is 0 Å². The topological polar surface area (TPSA) is 75.9 Å². The predicted octanol–water partition coefficient (Wildman–Crippen LogP) is 3.41. The predicted molar refractivity (Wildman–Crippen MR) is 109 cm³/mol. The van der Waals surface area contributed by atoms with Crippen molar-refractivity contribution in [1.29, 1.82) is 0 Å². The van der Waals surface area contributed by atoms with Gasteiger partial charge in [-0.15, -0.1) is 5.10 Å². The summed E-state index contributed by atoms with van der Waals surface area (Å²) in [6.07, 6.45) is 5.11. The summed E-state index contributed by atoms with van der Waals surface area (Å²) in [5.74, 6) is 0.482. The molecule has 4 rings (SSSR count). The zero-order valence-electron chi connectivity index (χ0n) is 16.3. The van der Waals surface area contributed by atoms with Crippen LogP contribution in [0.1, 0.15) is 40.9 Å². The highest BCUT2D eigenvalue weighted by Gasteiger charge is 2.21. The fourth-order valence-corrected chi connectivity index (χ4v) is 3.52. The average molecular weight is 394 g/mol. The van der Waals surface area contributed by atoms with E-state index in [1.165, 1.54) is 12.5 Å². The normalized spacial score (nSPS) is 14.1. The molecule has 1 aromatic carbocycles. The second-order valence-electron chi connectivity index (χ2n) is 7.15. The van der Waals surface area contributed by atoms with Crippen molar-refractivity contribution in [3.8, 4) is 0 Å². The van der Waals surface area contributed by atoms with Crippen molar-refractivity contribution in [2.24, 2.45) is 0 Å². The van der Waals surface area contributed by atoms with Crippen molar-refractivity contribution < 1.29 is 9.18 Å². The lowest BCUT2D eigenvalue weighted by molar-refractivity contribution is 0.102. The summed E-state index contributed by atoms with van der Waals surface area (Å²) in [4.78, 5) is 19.5. The first kappa shape index (κ1) is 19.0. The number of nitrogens with zero attached hydrogens (tertiary/aromatic N) is 5. The van der Waals surface area contributed by atoms with Crippen LogP contribution in [0.2, 0.25) is 0 Å². The summed E-state index contributed by atoms with van der Waals surface area (Å²) in [6.45, 7) is 3.84. The van der Waals surface area contributed by atoms with E-state index in [2.05, 4.69) is 25.5 Å². The van der Waals surface area contributed by atoms with Crippen molar-refractivity contribution in [1.82, 2.24) is 20.0 Å². The molecule has 1 N–H and O–H groups in total. The molecule has 1 saturated heterocycles. The highest BCUT2D eigenvalue weighted by Crippen LogP contribution is 2.23. The molecule has 1 amide bonds. The molecule has 1 aliphatic rings. The fourth-order valence-electron chi connectivity index (χ4n) is 3.52.